The van der Waals surface area contributed by atoms with Crippen LogP contribution in [-0.4, -0.2) is 61.7 Å². The van der Waals surface area contributed by atoms with Crippen LogP contribution in [0.2, 0.25) is 0 Å². The Morgan fingerprint density at radius 3 is 2.73 bits per heavy atom. The molecule has 0 bridgehead atoms. The van der Waals surface area contributed by atoms with E-state index in [1.54, 1.807) is 17.9 Å². The van der Waals surface area contributed by atoms with E-state index in [1.165, 1.54) is 0 Å². The molecule has 124 valence electrons. The zero-order valence-electron chi connectivity index (χ0n) is 13.0. The number of nitrogens with zero attached hydrogens (tertiary/aromatic N) is 2. The highest BCUT2D eigenvalue weighted by Gasteiger charge is 2.23. The molecule has 22 heavy (non-hydrogen) atoms. The second kappa shape index (κ2) is 9.64. The maximum Gasteiger partial charge on any atom is 0.409 e. The molecule has 0 aromatic heterocycles. The monoisotopic (exact) mass is 311 g/mol. The average molecular weight is 311 g/mol. The second-order valence-corrected chi connectivity index (χ2v) is 4.90. The number of piperidine rings is 1. The fourth-order valence-corrected chi connectivity index (χ4v) is 2.07. The molecule has 1 heterocycles. The van der Waals surface area contributed by atoms with Crippen molar-refractivity contribution in [1.82, 2.24) is 15.5 Å². The molecule has 4 N–H and O–H groups in total. The fraction of sp³-hybridized carbons (Fsp3) is 0.643. The molecule has 0 aliphatic carbocycles. The third-order valence-corrected chi connectivity index (χ3v) is 3.21. The highest BCUT2D eigenvalue weighted by molar-refractivity contribution is 5.84. The molecule has 1 fully saturated rings. The van der Waals surface area contributed by atoms with Crippen molar-refractivity contribution in [2.75, 3.05) is 32.8 Å². The summed E-state index contributed by atoms with van der Waals surface area (Å²) in [6.45, 7) is 7.30. The lowest BCUT2D eigenvalue weighted by Crippen LogP contribution is -2.48. The van der Waals surface area contributed by atoms with Gasteiger partial charge >= 0.3 is 6.09 Å². The number of amides is 2. The number of likely N-dealkylation sites (tertiary alicyclic amines) is 1. The van der Waals surface area contributed by atoms with Crippen LogP contribution >= 0.6 is 0 Å². The number of hydrogen-bond donors (Lipinski definition) is 3. The molecular formula is C14H25N5O3. The number of ether oxygens (including phenoxy) is 1. The van der Waals surface area contributed by atoms with Gasteiger partial charge in [-0.15, -0.1) is 6.58 Å². The number of carbonyl (C=O) groups is 2. The van der Waals surface area contributed by atoms with E-state index >= 15 is 0 Å². The van der Waals surface area contributed by atoms with Gasteiger partial charge in [-0.2, -0.15) is 0 Å². The van der Waals surface area contributed by atoms with Crippen LogP contribution in [0.3, 0.4) is 0 Å². The van der Waals surface area contributed by atoms with Gasteiger partial charge in [0.2, 0.25) is 5.91 Å². The van der Waals surface area contributed by atoms with Crippen molar-refractivity contribution in [1.29, 1.82) is 0 Å². The number of nitrogens with one attached hydrogen (secondary N) is 2. The molecule has 1 aliphatic rings. The first-order chi connectivity index (χ1) is 10.6. The zero-order valence-corrected chi connectivity index (χ0v) is 13.0. The van der Waals surface area contributed by atoms with E-state index in [4.69, 9.17) is 10.5 Å². The van der Waals surface area contributed by atoms with Crippen LogP contribution in [0.15, 0.2) is 17.6 Å². The van der Waals surface area contributed by atoms with Gasteiger partial charge in [-0.1, -0.05) is 6.08 Å². The van der Waals surface area contributed by atoms with Crippen molar-refractivity contribution in [3.8, 4) is 0 Å². The van der Waals surface area contributed by atoms with Crippen molar-refractivity contribution >= 4 is 18.0 Å². The van der Waals surface area contributed by atoms with E-state index in [9.17, 15) is 9.59 Å². The summed E-state index contributed by atoms with van der Waals surface area (Å²) in [5, 5.41) is 5.69. The zero-order chi connectivity index (χ0) is 16.4. The highest BCUT2D eigenvalue weighted by atomic mass is 16.6. The number of carbonyl (C=O) groups excluding carboxylic acids is 2. The lowest BCUT2D eigenvalue weighted by Gasteiger charge is -2.31. The lowest BCUT2D eigenvalue weighted by atomic mass is 10.1. The second-order valence-electron chi connectivity index (χ2n) is 4.90. The minimum atomic E-state index is -0.276. The van der Waals surface area contributed by atoms with Crippen LogP contribution in [0.5, 0.6) is 0 Å². The van der Waals surface area contributed by atoms with Gasteiger partial charge in [-0.3, -0.25) is 4.79 Å². The normalized spacial score (nSPS) is 16.0. The van der Waals surface area contributed by atoms with Crippen LogP contribution in [-0.2, 0) is 9.53 Å². The molecule has 2 amide bonds. The van der Waals surface area contributed by atoms with Crippen LogP contribution in [0.4, 0.5) is 4.79 Å². The lowest BCUT2D eigenvalue weighted by molar-refractivity contribution is -0.119. The van der Waals surface area contributed by atoms with Crippen LogP contribution in [0.25, 0.3) is 0 Å². The third kappa shape index (κ3) is 6.47. The molecule has 8 nitrogen and oxygen atoms in total. The Morgan fingerprint density at radius 1 is 1.45 bits per heavy atom. The summed E-state index contributed by atoms with van der Waals surface area (Å²) >= 11 is 0. The van der Waals surface area contributed by atoms with Crippen molar-refractivity contribution in [3.05, 3.63) is 12.7 Å². The SMILES string of the molecule is C=CCNC(=O)CN=C(N)NC1CCN(C(=O)OCC)CC1. The van der Waals surface area contributed by atoms with Gasteiger partial charge in [0.05, 0.1) is 6.61 Å². The molecule has 8 heteroatoms. The Bertz CT molecular complexity index is 417. The smallest absolute Gasteiger partial charge is 0.409 e. The fourth-order valence-electron chi connectivity index (χ4n) is 2.07. The predicted molar refractivity (Wildman–Crippen MR) is 84.4 cm³/mol. The molecule has 0 aromatic carbocycles. The summed E-state index contributed by atoms with van der Waals surface area (Å²) in [7, 11) is 0. The summed E-state index contributed by atoms with van der Waals surface area (Å²) in [4.78, 5) is 28.6. The maximum atomic E-state index is 11.6. The quantitative estimate of drug-likeness (QED) is 0.358. The molecule has 1 rings (SSSR count). The Balaban J connectivity index is 2.29. The summed E-state index contributed by atoms with van der Waals surface area (Å²) in [5.74, 6) is 0.0325. The highest BCUT2D eigenvalue weighted by Crippen LogP contribution is 2.11. The van der Waals surface area contributed by atoms with Gasteiger partial charge in [-0.25, -0.2) is 9.79 Å². The van der Waals surface area contributed by atoms with Gasteiger partial charge < -0.3 is 26.0 Å². The molecule has 0 radical (unpaired) electrons. The molecule has 0 unspecified atom stereocenters. The standard InChI is InChI=1S/C14H25N5O3/c1-3-7-16-12(20)10-17-13(15)18-11-5-8-19(9-6-11)14(21)22-4-2/h3,11H,1,4-10H2,2H3,(H,16,20)(H3,15,17,18). The molecule has 1 aliphatic heterocycles. The van der Waals surface area contributed by atoms with E-state index in [0.717, 1.165) is 12.8 Å². The number of hydrogen-bond acceptors (Lipinski definition) is 4. The van der Waals surface area contributed by atoms with Crippen LogP contribution < -0.4 is 16.4 Å². The van der Waals surface area contributed by atoms with Gasteiger partial charge in [0.25, 0.3) is 0 Å². The molecule has 0 saturated carbocycles. The Hall–Kier alpha value is -2.25. The minimum Gasteiger partial charge on any atom is -0.450 e. The molecule has 1 saturated heterocycles. The van der Waals surface area contributed by atoms with E-state index < -0.39 is 0 Å². The number of nitrogens with two attached hydrogens (primary N) is 1. The first kappa shape index (κ1) is 17.8. The Kier molecular flexibility index (Phi) is 7.80. The number of rotatable bonds is 6. The first-order valence-corrected chi connectivity index (χ1v) is 7.42. The van der Waals surface area contributed by atoms with E-state index in [-0.39, 0.29) is 30.5 Å². The van der Waals surface area contributed by atoms with E-state index in [1.807, 2.05) is 0 Å². The van der Waals surface area contributed by atoms with Crippen molar-refractivity contribution < 1.29 is 14.3 Å². The molecule has 0 aromatic rings. The summed E-state index contributed by atoms with van der Waals surface area (Å²) in [5.41, 5.74) is 5.76. The minimum absolute atomic E-state index is 0.0195. The Labute approximate surface area is 130 Å². The van der Waals surface area contributed by atoms with Crippen LogP contribution in [0, 0.1) is 0 Å². The topological polar surface area (TPSA) is 109 Å². The molecule has 0 spiro atoms. The molecular weight excluding hydrogens is 286 g/mol. The average Bonchev–Trinajstić information content (AvgIpc) is 2.52. The summed E-state index contributed by atoms with van der Waals surface area (Å²) in [6, 6.07) is 0.144. The van der Waals surface area contributed by atoms with Gasteiger partial charge in [0.15, 0.2) is 5.96 Å². The van der Waals surface area contributed by atoms with Crippen molar-refractivity contribution in [2.45, 2.75) is 25.8 Å². The van der Waals surface area contributed by atoms with E-state index in [2.05, 4.69) is 22.2 Å². The van der Waals surface area contributed by atoms with Gasteiger partial charge in [-0.05, 0) is 19.8 Å². The van der Waals surface area contributed by atoms with E-state index in [0.29, 0.717) is 26.2 Å². The number of guanidine groups is 1. The largest absolute Gasteiger partial charge is 0.450 e. The summed E-state index contributed by atoms with van der Waals surface area (Å²) in [6.07, 6.45) is 2.84. The van der Waals surface area contributed by atoms with Gasteiger partial charge in [0, 0.05) is 25.7 Å². The first-order valence-electron chi connectivity index (χ1n) is 7.42. The summed E-state index contributed by atoms with van der Waals surface area (Å²) < 4.78 is 4.96. The third-order valence-electron chi connectivity index (χ3n) is 3.21. The van der Waals surface area contributed by atoms with Crippen molar-refractivity contribution in [3.63, 3.8) is 0 Å². The van der Waals surface area contributed by atoms with Crippen molar-refractivity contribution in [2.24, 2.45) is 10.7 Å². The molecule has 0 atom stereocenters. The number of aliphatic imine (C=N–C) groups is 1. The van der Waals surface area contributed by atoms with Crippen LogP contribution in [0.1, 0.15) is 19.8 Å². The maximum absolute atomic E-state index is 11.6. The predicted octanol–water partition coefficient (Wildman–Crippen LogP) is -0.186. The van der Waals surface area contributed by atoms with Gasteiger partial charge in [0.1, 0.15) is 6.54 Å². The Morgan fingerprint density at radius 2 is 2.14 bits per heavy atom.